The van der Waals surface area contributed by atoms with Crippen LogP contribution >= 0.6 is 0 Å². The third-order valence-corrected chi connectivity index (χ3v) is 4.52. The van der Waals surface area contributed by atoms with Crippen molar-refractivity contribution in [3.8, 4) is 0 Å². The summed E-state index contributed by atoms with van der Waals surface area (Å²) in [5.41, 5.74) is 7.19. The lowest BCUT2D eigenvalue weighted by molar-refractivity contribution is 0.217. The molecule has 0 aliphatic rings. The van der Waals surface area contributed by atoms with Crippen molar-refractivity contribution in [1.82, 2.24) is 0 Å². The van der Waals surface area contributed by atoms with Crippen molar-refractivity contribution in [1.29, 1.82) is 0 Å². The first kappa shape index (κ1) is 15.9. The van der Waals surface area contributed by atoms with Gasteiger partial charge in [0.15, 0.2) is 0 Å². The minimum absolute atomic E-state index is 0.0118. The number of ether oxygens (including phenoxy) is 1. The molecule has 1 aromatic rings. The van der Waals surface area contributed by atoms with Gasteiger partial charge in [-0.25, -0.2) is 8.42 Å². The fourth-order valence-electron chi connectivity index (χ4n) is 1.73. The number of nitrogens with two attached hydrogens (primary N) is 1. The topological polar surface area (TPSA) is 72.6 Å². The minimum Gasteiger partial charge on any atom is -0.384 e. The molecule has 0 spiro atoms. The molecule has 0 aromatic heterocycles. The molecule has 0 heterocycles. The first-order chi connectivity index (χ1) is 9.05. The Morgan fingerprint density at radius 3 is 2.37 bits per heavy atom. The van der Waals surface area contributed by atoms with Crippen LogP contribution in [0.2, 0.25) is 0 Å². The van der Waals surface area contributed by atoms with E-state index in [1.807, 2.05) is 19.1 Å². The largest absolute Gasteiger partial charge is 0.384 e. The predicted molar refractivity (Wildman–Crippen MR) is 77.6 cm³/mol. The Morgan fingerprint density at radius 2 is 1.89 bits per heavy atom. The van der Waals surface area contributed by atoms with Gasteiger partial charge in [0, 0.05) is 20.2 Å². The van der Waals surface area contributed by atoms with Gasteiger partial charge in [0.05, 0.1) is 18.0 Å². The lowest BCUT2D eigenvalue weighted by Crippen LogP contribution is -2.35. The van der Waals surface area contributed by atoms with E-state index in [2.05, 4.69) is 0 Å². The van der Waals surface area contributed by atoms with Crippen LogP contribution in [0.25, 0.3) is 0 Å². The normalized spacial score (nSPS) is 11.5. The minimum atomic E-state index is -3.34. The molecule has 6 heteroatoms. The zero-order valence-electron chi connectivity index (χ0n) is 11.5. The Labute approximate surface area is 115 Å². The second kappa shape index (κ2) is 7.47. The van der Waals surface area contributed by atoms with E-state index in [1.54, 1.807) is 12.1 Å². The van der Waals surface area contributed by atoms with Gasteiger partial charge in [0.1, 0.15) is 0 Å². The molecule has 0 saturated heterocycles. The van der Waals surface area contributed by atoms with Crippen LogP contribution in [-0.4, -0.2) is 34.4 Å². The highest BCUT2D eigenvalue weighted by Gasteiger charge is 2.21. The maximum atomic E-state index is 12.3. The summed E-state index contributed by atoms with van der Waals surface area (Å²) >= 11 is 0. The van der Waals surface area contributed by atoms with Crippen LogP contribution < -0.4 is 10.0 Å². The fraction of sp³-hybridized carbons (Fsp3) is 0.538. The summed E-state index contributed by atoms with van der Waals surface area (Å²) in [5.74, 6) is -0.0118. The van der Waals surface area contributed by atoms with Crippen LogP contribution in [0, 0.1) is 0 Å². The van der Waals surface area contributed by atoms with Crippen LogP contribution in [-0.2, 0) is 21.3 Å². The molecule has 1 aromatic carbocycles. The van der Waals surface area contributed by atoms with Crippen molar-refractivity contribution in [3.63, 3.8) is 0 Å². The molecule has 19 heavy (non-hydrogen) atoms. The van der Waals surface area contributed by atoms with Gasteiger partial charge in [-0.05, 0) is 24.1 Å². The molecule has 0 amide bonds. The van der Waals surface area contributed by atoms with Crippen molar-refractivity contribution in [3.05, 3.63) is 29.8 Å². The Bertz CT molecular complexity index is 471. The lowest BCUT2D eigenvalue weighted by atomic mass is 10.2. The highest BCUT2D eigenvalue weighted by atomic mass is 32.2. The molecule has 0 unspecified atom stereocenters. The van der Waals surface area contributed by atoms with Gasteiger partial charge in [0.2, 0.25) is 10.0 Å². The zero-order valence-corrected chi connectivity index (χ0v) is 12.3. The Hall–Kier alpha value is -1.11. The first-order valence-electron chi connectivity index (χ1n) is 6.33. The average molecular weight is 286 g/mol. The monoisotopic (exact) mass is 286 g/mol. The molecule has 0 aliphatic carbocycles. The van der Waals surface area contributed by atoms with Gasteiger partial charge in [-0.2, -0.15) is 0 Å². The third-order valence-electron chi connectivity index (χ3n) is 2.77. The van der Waals surface area contributed by atoms with Crippen LogP contribution in [0.1, 0.15) is 18.9 Å². The van der Waals surface area contributed by atoms with Crippen molar-refractivity contribution in [2.75, 3.05) is 30.3 Å². The van der Waals surface area contributed by atoms with Gasteiger partial charge < -0.3 is 10.5 Å². The summed E-state index contributed by atoms with van der Waals surface area (Å²) in [4.78, 5) is 0. The number of hydrogen-bond donors (Lipinski definition) is 1. The van der Waals surface area contributed by atoms with Crippen molar-refractivity contribution in [2.24, 2.45) is 5.73 Å². The first-order valence-corrected chi connectivity index (χ1v) is 7.94. The Morgan fingerprint density at radius 1 is 1.26 bits per heavy atom. The van der Waals surface area contributed by atoms with E-state index in [1.165, 1.54) is 11.4 Å². The molecule has 0 saturated carbocycles. The zero-order chi connectivity index (χ0) is 14.3. The molecule has 5 nitrogen and oxygen atoms in total. The van der Waals surface area contributed by atoms with Gasteiger partial charge in [0.25, 0.3) is 0 Å². The van der Waals surface area contributed by atoms with Crippen LogP contribution in [0.5, 0.6) is 0 Å². The number of sulfonamides is 1. The summed E-state index contributed by atoms with van der Waals surface area (Å²) in [6.45, 7) is 3.06. The SMILES string of the molecule is CCCN(c1ccc(CN)cc1)S(=O)(=O)CCOC. The molecule has 0 radical (unpaired) electrons. The summed E-state index contributed by atoms with van der Waals surface area (Å²) < 4.78 is 30.8. The standard InChI is InChI=1S/C13H22N2O3S/c1-3-8-15(19(16,17)10-9-18-2)13-6-4-12(11-14)5-7-13/h4-7H,3,8-11,14H2,1-2H3. The second-order valence-corrected chi connectivity index (χ2v) is 6.26. The van der Waals surface area contributed by atoms with Crippen LogP contribution in [0.3, 0.4) is 0 Å². The van der Waals surface area contributed by atoms with Gasteiger partial charge >= 0.3 is 0 Å². The third kappa shape index (κ3) is 4.49. The van der Waals surface area contributed by atoms with E-state index >= 15 is 0 Å². The van der Waals surface area contributed by atoms with E-state index in [0.29, 0.717) is 18.8 Å². The summed E-state index contributed by atoms with van der Waals surface area (Å²) in [5, 5.41) is 0. The maximum Gasteiger partial charge on any atom is 0.237 e. The highest BCUT2D eigenvalue weighted by Crippen LogP contribution is 2.19. The molecular formula is C13H22N2O3S. The van der Waals surface area contributed by atoms with E-state index in [-0.39, 0.29) is 12.4 Å². The van der Waals surface area contributed by atoms with Crippen molar-refractivity contribution < 1.29 is 13.2 Å². The van der Waals surface area contributed by atoms with Gasteiger partial charge in [-0.15, -0.1) is 0 Å². The smallest absolute Gasteiger partial charge is 0.237 e. The number of nitrogens with zero attached hydrogens (tertiary/aromatic N) is 1. The number of methoxy groups -OCH3 is 1. The number of anilines is 1. The molecule has 0 atom stereocenters. The van der Waals surface area contributed by atoms with E-state index in [4.69, 9.17) is 10.5 Å². The molecule has 2 N–H and O–H groups in total. The second-order valence-electron chi connectivity index (χ2n) is 4.25. The van der Waals surface area contributed by atoms with Crippen molar-refractivity contribution in [2.45, 2.75) is 19.9 Å². The van der Waals surface area contributed by atoms with E-state index < -0.39 is 10.0 Å². The average Bonchev–Trinajstić information content (AvgIpc) is 2.42. The molecule has 0 bridgehead atoms. The van der Waals surface area contributed by atoms with Gasteiger partial charge in [-0.3, -0.25) is 4.31 Å². The van der Waals surface area contributed by atoms with Crippen molar-refractivity contribution >= 4 is 15.7 Å². The molecule has 0 aliphatic heterocycles. The maximum absolute atomic E-state index is 12.3. The highest BCUT2D eigenvalue weighted by molar-refractivity contribution is 7.92. The van der Waals surface area contributed by atoms with Crippen LogP contribution in [0.15, 0.2) is 24.3 Å². The van der Waals surface area contributed by atoms with E-state index in [0.717, 1.165) is 12.0 Å². The molecular weight excluding hydrogens is 264 g/mol. The molecule has 0 fully saturated rings. The number of rotatable bonds is 8. The summed E-state index contributed by atoms with van der Waals surface area (Å²) in [6.07, 6.45) is 0.755. The number of benzene rings is 1. The fourth-order valence-corrected chi connectivity index (χ4v) is 3.23. The Kier molecular flexibility index (Phi) is 6.27. The quantitative estimate of drug-likeness (QED) is 0.782. The van der Waals surface area contributed by atoms with Gasteiger partial charge in [-0.1, -0.05) is 19.1 Å². The molecule has 1 rings (SSSR count). The summed E-state index contributed by atoms with van der Waals surface area (Å²) in [6, 6.07) is 7.29. The van der Waals surface area contributed by atoms with E-state index in [9.17, 15) is 8.42 Å². The Balaban J connectivity index is 2.98. The predicted octanol–water partition coefficient (Wildman–Crippen LogP) is 1.34. The summed E-state index contributed by atoms with van der Waals surface area (Å²) in [7, 11) is -1.85. The number of hydrogen-bond acceptors (Lipinski definition) is 4. The molecule has 108 valence electrons. The lowest BCUT2D eigenvalue weighted by Gasteiger charge is -2.24. The van der Waals surface area contributed by atoms with Crippen LogP contribution in [0.4, 0.5) is 5.69 Å².